The molecule has 0 amide bonds. The number of rotatable bonds is 3. The van der Waals surface area contributed by atoms with Crippen LogP contribution in [0, 0.1) is 0 Å². The van der Waals surface area contributed by atoms with Gasteiger partial charge in [-0.15, -0.1) is 0 Å². The molecule has 1 aliphatic rings. The van der Waals surface area contributed by atoms with E-state index in [4.69, 9.17) is 17.3 Å². The van der Waals surface area contributed by atoms with E-state index in [2.05, 4.69) is 60.2 Å². The largest absolute Gasteiger partial charge is 0.368 e. The highest BCUT2D eigenvalue weighted by Gasteiger charge is 2.19. The number of aromatic nitrogens is 3. The lowest BCUT2D eigenvalue weighted by Gasteiger charge is -2.12. The van der Waals surface area contributed by atoms with E-state index in [-0.39, 0.29) is 5.95 Å². The molecule has 1 atom stereocenters. The Labute approximate surface area is 153 Å². The van der Waals surface area contributed by atoms with E-state index in [0.717, 1.165) is 34.0 Å². The lowest BCUT2D eigenvalue weighted by Crippen LogP contribution is -2.26. The topological polar surface area (TPSA) is 68.8 Å². The van der Waals surface area contributed by atoms with E-state index >= 15 is 0 Å². The summed E-state index contributed by atoms with van der Waals surface area (Å²) in [5.74, 6) is 0.225. The van der Waals surface area contributed by atoms with Gasteiger partial charge >= 0.3 is 0 Å². The maximum atomic E-state index is 6.34. The van der Waals surface area contributed by atoms with Crippen molar-refractivity contribution in [1.29, 1.82) is 0 Å². The molecule has 0 saturated carbocycles. The van der Waals surface area contributed by atoms with Crippen LogP contribution in [-0.4, -0.2) is 27.1 Å². The molecule has 2 aromatic heterocycles. The summed E-state index contributed by atoms with van der Waals surface area (Å²) in [6, 6.07) is 6.78. The summed E-state index contributed by atoms with van der Waals surface area (Å²) < 4.78 is 3.29. The van der Waals surface area contributed by atoms with Gasteiger partial charge in [-0.1, -0.05) is 27.5 Å². The molecular formula is C17H17BrClN5. The molecule has 0 spiro atoms. The van der Waals surface area contributed by atoms with Gasteiger partial charge in [-0.05, 0) is 37.6 Å². The Morgan fingerprint density at radius 2 is 2.29 bits per heavy atom. The van der Waals surface area contributed by atoms with Gasteiger partial charge in [-0.2, -0.15) is 0 Å². The van der Waals surface area contributed by atoms with E-state index in [9.17, 15) is 0 Å². The first-order chi connectivity index (χ1) is 11.6. The number of nitrogens with zero attached hydrogens (tertiary/aromatic N) is 3. The van der Waals surface area contributed by atoms with Crippen molar-refractivity contribution in [3.8, 4) is 11.3 Å². The predicted molar refractivity (Wildman–Crippen MR) is 101 cm³/mol. The maximum absolute atomic E-state index is 6.34. The van der Waals surface area contributed by atoms with Crippen molar-refractivity contribution in [2.24, 2.45) is 0 Å². The number of hydrogen-bond donors (Lipinski definition) is 2. The lowest BCUT2D eigenvalue weighted by atomic mass is 10.1. The molecule has 0 radical (unpaired) electrons. The molecule has 0 bridgehead atoms. The van der Waals surface area contributed by atoms with Crippen molar-refractivity contribution < 1.29 is 0 Å². The van der Waals surface area contributed by atoms with Crippen molar-refractivity contribution in [2.75, 3.05) is 12.3 Å². The minimum atomic E-state index is 0.225. The van der Waals surface area contributed by atoms with Crippen molar-refractivity contribution in [3.63, 3.8) is 0 Å². The van der Waals surface area contributed by atoms with Crippen LogP contribution < -0.4 is 11.1 Å². The minimum Gasteiger partial charge on any atom is -0.368 e. The van der Waals surface area contributed by atoms with Crippen molar-refractivity contribution >= 4 is 44.4 Å². The molecule has 1 unspecified atom stereocenters. The quantitative estimate of drug-likeness (QED) is 0.693. The van der Waals surface area contributed by atoms with Gasteiger partial charge in [0.25, 0.3) is 0 Å². The number of halogens is 2. The number of anilines is 1. The highest BCUT2D eigenvalue weighted by molar-refractivity contribution is 9.10. The fourth-order valence-electron chi connectivity index (χ4n) is 3.33. The van der Waals surface area contributed by atoms with Gasteiger partial charge in [0.15, 0.2) is 0 Å². The molecule has 1 aromatic carbocycles. The Morgan fingerprint density at radius 1 is 1.42 bits per heavy atom. The Hall–Kier alpha value is -1.63. The molecule has 24 heavy (non-hydrogen) atoms. The second-order valence-corrected chi connectivity index (χ2v) is 7.40. The number of fused-ring (bicyclic) bond motifs is 1. The molecule has 124 valence electrons. The summed E-state index contributed by atoms with van der Waals surface area (Å²) in [5.41, 5.74) is 8.58. The summed E-state index contributed by atoms with van der Waals surface area (Å²) in [6.07, 6.45) is 6.10. The standard InChI is InChI=1S/C17H17BrClN5/c18-10-3-4-15-12(6-10)13(16-14(19)7-22-17(20)23-16)9-24(15)8-11-2-1-5-21-11/h3-4,6-7,9,11,21H,1-2,5,8H2,(H2,20,22,23). The Bertz CT molecular complexity index is 901. The second-order valence-electron chi connectivity index (χ2n) is 6.07. The molecule has 3 heterocycles. The van der Waals surface area contributed by atoms with Crippen LogP contribution in [0.3, 0.4) is 0 Å². The van der Waals surface area contributed by atoms with Crippen LogP contribution in [0.4, 0.5) is 5.95 Å². The summed E-state index contributed by atoms with van der Waals surface area (Å²) >= 11 is 9.89. The third kappa shape index (κ3) is 2.90. The van der Waals surface area contributed by atoms with Gasteiger partial charge < -0.3 is 15.6 Å². The van der Waals surface area contributed by atoms with Crippen molar-refractivity contribution in [3.05, 3.63) is 40.1 Å². The monoisotopic (exact) mass is 405 g/mol. The summed E-state index contributed by atoms with van der Waals surface area (Å²) in [4.78, 5) is 8.32. The summed E-state index contributed by atoms with van der Waals surface area (Å²) in [5, 5.41) is 5.15. The van der Waals surface area contributed by atoms with E-state index in [1.165, 1.54) is 12.8 Å². The summed E-state index contributed by atoms with van der Waals surface area (Å²) in [7, 11) is 0. The normalized spacial score (nSPS) is 17.7. The van der Waals surface area contributed by atoms with Gasteiger partial charge in [0.2, 0.25) is 5.95 Å². The van der Waals surface area contributed by atoms with Crippen LogP contribution in [0.1, 0.15) is 12.8 Å². The molecule has 1 fully saturated rings. The zero-order valence-electron chi connectivity index (χ0n) is 13.0. The van der Waals surface area contributed by atoms with E-state index in [1.54, 1.807) is 6.20 Å². The highest BCUT2D eigenvalue weighted by atomic mass is 79.9. The number of nitrogen functional groups attached to an aromatic ring is 1. The first-order valence-corrected chi connectivity index (χ1v) is 9.09. The Morgan fingerprint density at radius 3 is 3.08 bits per heavy atom. The number of hydrogen-bond acceptors (Lipinski definition) is 4. The predicted octanol–water partition coefficient (Wildman–Crippen LogP) is 3.85. The Kier molecular flexibility index (Phi) is 4.20. The van der Waals surface area contributed by atoms with Gasteiger partial charge in [0.1, 0.15) is 0 Å². The zero-order valence-corrected chi connectivity index (χ0v) is 15.3. The SMILES string of the molecule is Nc1ncc(Cl)c(-c2cn(CC3CCCN3)c3ccc(Br)cc23)n1. The van der Waals surface area contributed by atoms with Crippen LogP contribution in [0.15, 0.2) is 35.1 Å². The molecule has 3 N–H and O–H groups in total. The molecule has 1 aliphatic heterocycles. The van der Waals surface area contributed by atoms with Gasteiger partial charge in [0.05, 0.1) is 16.9 Å². The molecular weight excluding hydrogens is 390 g/mol. The maximum Gasteiger partial charge on any atom is 0.220 e. The number of nitrogens with one attached hydrogen (secondary N) is 1. The van der Waals surface area contributed by atoms with E-state index < -0.39 is 0 Å². The van der Waals surface area contributed by atoms with E-state index in [0.29, 0.717) is 16.8 Å². The fraction of sp³-hybridized carbons (Fsp3) is 0.294. The van der Waals surface area contributed by atoms with Crippen LogP contribution in [0.5, 0.6) is 0 Å². The zero-order chi connectivity index (χ0) is 16.7. The molecule has 4 rings (SSSR count). The first kappa shape index (κ1) is 15.9. The van der Waals surface area contributed by atoms with Gasteiger partial charge in [-0.3, -0.25) is 0 Å². The first-order valence-electron chi connectivity index (χ1n) is 7.92. The van der Waals surface area contributed by atoms with E-state index in [1.807, 2.05) is 0 Å². The molecule has 7 heteroatoms. The van der Waals surface area contributed by atoms with Crippen LogP contribution in [-0.2, 0) is 6.54 Å². The smallest absolute Gasteiger partial charge is 0.220 e. The average molecular weight is 407 g/mol. The molecule has 1 saturated heterocycles. The van der Waals surface area contributed by atoms with Crippen LogP contribution in [0.25, 0.3) is 22.2 Å². The van der Waals surface area contributed by atoms with Crippen molar-refractivity contribution in [1.82, 2.24) is 19.9 Å². The fourth-order valence-corrected chi connectivity index (χ4v) is 3.88. The van der Waals surface area contributed by atoms with Gasteiger partial charge in [0, 0.05) is 39.7 Å². The minimum absolute atomic E-state index is 0.225. The second kappa shape index (κ2) is 6.35. The van der Waals surface area contributed by atoms with Crippen LogP contribution in [0.2, 0.25) is 5.02 Å². The average Bonchev–Trinajstić information content (AvgIpc) is 3.18. The summed E-state index contributed by atoms with van der Waals surface area (Å²) in [6.45, 7) is 2.02. The lowest BCUT2D eigenvalue weighted by molar-refractivity contribution is 0.519. The molecule has 0 aliphatic carbocycles. The molecule has 5 nitrogen and oxygen atoms in total. The molecule has 3 aromatic rings. The third-order valence-corrected chi connectivity index (χ3v) is 5.21. The highest BCUT2D eigenvalue weighted by Crippen LogP contribution is 2.35. The Balaban J connectivity index is 1.88. The number of benzene rings is 1. The van der Waals surface area contributed by atoms with Crippen LogP contribution >= 0.6 is 27.5 Å². The third-order valence-electron chi connectivity index (χ3n) is 4.44. The van der Waals surface area contributed by atoms with Gasteiger partial charge in [-0.25, -0.2) is 9.97 Å². The van der Waals surface area contributed by atoms with Crippen molar-refractivity contribution in [2.45, 2.75) is 25.4 Å². The number of nitrogens with two attached hydrogens (primary N) is 1.